The average Bonchev–Trinajstić information content (AvgIpc) is 3.47. The molecular formula is C26H31FN8O. The normalized spacial score (nSPS) is 21.1. The number of likely N-dealkylation sites (N-methyl/N-ethyl adjacent to an activating group) is 1. The number of likely N-dealkylation sites (tertiary alicyclic amines) is 1. The van der Waals surface area contributed by atoms with Crippen molar-refractivity contribution in [1.82, 2.24) is 34.9 Å². The summed E-state index contributed by atoms with van der Waals surface area (Å²) in [6.45, 7) is 6.13. The monoisotopic (exact) mass is 490 g/mol. The first-order chi connectivity index (χ1) is 17.5. The zero-order chi connectivity index (χ0) is 24.8. The van der Waals surface area contributed by atoms with Gasteiger partial charge in [-0.15, -0.1) is 0 Å². The summed E-state index contributed by atoms with van der Waals surface area (Å²) in [5.74, 6) is 0.258. The van der Waals surface area contributed by atoms with E-state index in [1.807, 2.05) is 25.2 Å². The Balaban J connectivity index is 1.47. The summed E-state index contributed by atoms with van der Waals surface area (Å²) in [4.78, 5) is 18.7. The number of nitrogens with one attached hydrogen (secondary N) is 1. The number of piperazine rings is 1. The molecule has 4 aromatic rings. The van der Waals surface area contributed by atoms with Crippen molar-refractivity contribution in [1.29, 1.82) is 0 Å². The minimum Gasteiger partial charge on any atom is -0.462 e. The van der Waals surface area contributed by atoms with Gasteiger partial charge in [0.15, 0.2) is 5.65 Å². The van der Waals surface area contributed by atoms with Gasteiger partial charge in [-0.1, -0.05) is 12.1 Å². The molecule has 3 aromatic heterocycles. The van der Waals surface area contributed by atoms with Crippen LogP contribution in [0, 0.1) is 5.82 Å². The number of rotatable bonds is 5. The lowest BCUT2D eigenvalue weighted by Gasteiger charge is -2.35. The maximum atomic E-state index is 15.7. The van der Waals surface area contributed by atoms with Gasteiger partial charge >= 0.3 is 6.01 Å². The van der Waals surface area contributed by atoms with Crippen molar-refractivity contribution >= 4 is 27.8 Å². The third-order valence-corrected chi connectivity index (χ3v) is 7.50. The number of ether oxygens (including phenoxy) is 1. The van der Waals surface area contributed by atoms with Crippen LogP contribution < -0.4 is 15.0 Å². The zero-order valence-corrected chi connectivity index (χ0v) is 20.9. The summed E-state index contributed by atoms with van der Waals surface area (Å²) in [5, 5.41) is 9.18. The number of aryl methyl sites for hydroxylation is 1. The third kappa shape index (κ3) is 4.04. The van der Waals surface area contributed by atoms with Crippen LogP contribution in [0.15, 0.2) is 30.5 Å². The molecular weight excluding hydrogens is 459 g/mol. The van der Waals surface area contributed by atoms with Gasteiger partial charge in [0.25, 0.3) is 0 Å². The number of halogens is 1. The second kappa shape index (κ2) is 9.25. The Labute approximate surface area is 209 Å². The van der Waals surface area contributed by atoms with E-state index in [0.717, 1.165) is 49.9 Å². The molecule has 10 heteroatoms. The van der Waals surface area contributed by atoms with Crippen molar-refractivity contribution in [3.05, 3.63) is 36.3 Å². The van der Waals surface area contributed by atoms with Gasteiger partial charge in [0.1, 0.15) is 23.9 Å². The van der Waals surface area contributed by atoms with Crippen LogP contribution >= 0.6 is 0 Å². The third-order valence-electron chi connectivity index (χ3n) is 7.50. The minimum absolute atomic E-state index is 0.192. The van der Waals surface area contributed by atoms with Crippen molar-refractivity contribution in [3.8, 4) is 17.3 Å². The van der Waals surface area contributed by atoms with Crippen molar-refractivity contribution in [2.24, 2.45) is 7.05 Å². The largest absolute Gasteiger partial charge is 0.462 e. The second-order valence-corrected chi connectivity index (χ2v) is 9.86. The fourth-order valence-electron chi connectivity index (χ4n) is 5.37. The van der Waals surface area contributed by atoms with Crippen molar-refractivity contribution < 1.29 is 9.13 Å². The van der Waals surface area contributed by atoms with Crippen LogP contribution in [0.2, 0.25) is 0 Å². The minimum atomic E-state index is -0.410. The van der Waals surface area contributed by atoms with Gasteiger partial charge in [-0.05, 0) is 45.5 Å². The van der Waals surface area contributed by atoms with Crippen LogP contribution in [0.25, 0.3) is 33.2 Å². The summed E-state index contributed by atoms with van der Waals surface area (Å²) in [7, 11) is 3.99. The molecule has 0 amide bonds. The molecule has 2 aliphatic rings. The van der Waals surface area contributed by atoms with E-state index >= 15 is 4.39 Å². The number of anilines is 1. The maximum absolute atomic E-state index is 15.7. The summed E-state index contributed by atoms with van der Waals surface area (Å²) in [6.07, 6.45) is 4.00. The highest BCUT2D eigenvalue weighted by atomic mass is 19.1. The number of hydrogen-bond acceptors (Lipinski definition) is 8. The molecule has 2 atom stereocenters. The Bertz CT molecular complexity index is 1420. The van der Waals surface area contributed by atoms with Crippen molar-refractivity contribution in [3.63, 3.8) is 0 Å². The lowest BCUT2D eigenvalue weighted by Crippen LogP contribution is -2.50. The van der Waals surface area contributed by atoms with Gasteiger partial charge in [-0.2, -0.15) is 15.1 Å². The molecule has 2 saturated heterocycles. The number of fused-ring (bicyclic) bond motifs is 2. The van der Waals surface area contributed by atoms with Gasteiger partial charge in [-0.25, -0.2) is 9.37 Å². The fraction of sp³-hybridized carbons (Fsp3) is 0.462. The van der Waals surface area contributed by atoms with E-state index in [0.29, 0.717) is 35.1 Å². The first kappa shape index (κ1) is 23.1. The van der Waals surface area contributed by atoms with E-state index in [4.69, 9.17) is 14.7 Å². The average molecular weight is 491 g/mol. The molecule has 1 aromatic carbocycles. The van der Waals surface area contributed by atoms with E-state index < -0.39 is 5.82 Å². The topological polar surface area (TPSA) is 84.2 Å². The van der Waals surface area contributed by atoms with Crippen molar-refractivity contribution in [2.45, 2.75) is 31.8 Å². The molecule has 6 rings (SSSR count). The number of benzene rings is 1. The molecule has 2 aliphatic heterocycles. The zero-order valence-electron chi connectivity index (χ0n) is 20.9. The van der Waals surface area contributed by atoms with Crippen molar-refractivity contribution in [2.75, 3.05) is 44.7 Å². The lowest BCUT2D eigenvalue weighted by atomic mass is 10.1. The van der Waals surface area contributed by atoms with Crippen LogP contribution in [-0.4, -0.2) is 81.5 Å². The molecule has 36 heavy (non-hydrogen) atoms. The summed E-state index contributed by atoms with van der Waals surface area (Å²) >= 11 is 0. The van der Waals surface area contributed by atoms with E-state index in [2.05, 4.69) is 39.2 Å². The summed E-state index contributed by atoms with van der Waals surface area (Å²) in [5.41, 5.74) is 2.28. The molecule has 0 spiro atoms. The standard InChI is InChI=1S/C26H31FN8O/c1-16-13-28-9-11-35(16)25-19-12-21(27)23(18-7-4-8-22-20(18)14-29-34(22)3)30-24(19)31-26(32-25)36-15-17-6-5-10-33(17)2/h4,7-8,12,14,16-17,28H,5-6,9-11,13,15H2,1-3H3/t16-,17+/m1/s1. The highest BCUT2D eigenvalue weighted by molar-refractivity contribution is 5.96. The first-order valence-corrected chi connectivity index (χ1v) is 12.6. The summed E-state index contributed by atoms with van der Waals surface area (Å²) < 4.78 is 23.6. The van der Waals surface area contributed by atoms with Gasteiger partial charge in [0.05, 0.1) is 17.1 Å². The molecule has 5 heterocycles. The number of nitrogens with zero attached hydrogens (tertiary/aromatic N) is 7. The first-order valence-electron chi connectivity index (χ1n) is 12.6. The molecule has 0 aliphatic carbocycles. The lowest BCUT2D eigenvalue weighted by molar-refractivity contribution is 0.188. The predicted molar refractivity (Wildman–Crippen MR) is 138 cm³/mol. The van der Waals surface area contributed by atoms with Gasteiger partial charge in [0, 0.05) is 49.7 Å². The van der Waals surface area contributed by atoms with Crippen LogP contribution in [0.5, 0.6) is 6.01 Å². The Morgan fingerprint density at radius 3 is 2.83 bits per heavy atom. The van der Waals surface area contributed by atoms with Gasteiger partial charge < -0.3 is 19.9 Å². The Morgan fingerprint density at radius 1 is 1.14 bits per heavy atom. The number of aromatic nitrogens is 5. The van der Waals surface area contributed by atoms with Crippen LogP contribution in [-0.2, 0) is 7.05 Å². The number of hydrogen-bond donors (Lipinski definition) is 1. The van der Waals surface area contributed by atoms with E-state index in [1.165, 1.54) is 6.07 Å². The van der Waals surface area contributed by atoms with Gasteiger partial charge in [0.2, 0.25) is 0 Å². The molecule has 2 fully saturated rings. The quantitative estimate of drug-likeness (QED) is 0.457. The molecule has 0 unspecified atom stereocenters. The smallest absolute Gasteiger partial charge is 0.320 e. The Morgan fingerprint density at radius 2 is 2.03 bits per heavy atom. The second-order valence-electron chi connectivity index (χ2n) is 9.86. The molecule has 0 bridgehead atoms. The molecule has 188 valence electrons. The van der Waals surface area contributed by atoms with E-state index in [9.17, 15) is 0 Å². The van der Waals surface area contributed by atoms with E-state index in [1.54, 1.807) is 10.9 Å². The van der Waals surface area contributed by atoms with Crippen LogP contribution in [0.3, 0.4) is 0 Å². The highest BCUT2D eigenvalue weighted by Crippen LogP contribution is 2.34. The molecule has 9 nitrogen and oxygen atoms in total. The molecule has 0 saturated carbocycles. The van der Waals surface area contributed by atoms with Crippen LogP contribution in [0.4, 0.5) is 10.2 Å². The van der Waals surface area contributed by atoms with Gasteiger partial charge in [-0.3, -0.25) is 4.68 Å². The molecule has 1 N–H and O–H groups in total. The SMILES string of the molecule is C[C@@H]1CNCCN1c1nc(OC[C@@H]2CCCN2C)nc2nc(-c3cccc4c3cnn4C)c(F)cc12. The van der Waals surface area contributed by atoms with Crippen LogP contribution in [0.1, 0.15) is 19.8 Å². The summed E-state index contributed by atoms with van der Waals surface area (Å²) in [6, 6.07) is 8.06. The maximum Gasteiger partial charge on any atom is 0.320 e. The Hall–Kier alpha value is -3.37. The number of pyridine rings is 1. The molecule has 0 radical (unpaired) electrons. The Kier molecular flexibility index (Phi) is 5.93. The highest BCUT2D eigenvalue weighted by Gasteiger charge is 2.26. The van der Waals surface area contributed by atoms with E-state index in [-0.39, 0.29) is 17.7 Å². The predicted octanol–water partition coefficient (Wildman–Crippen LogP) is 2.99. The fourth-order valence-corrected chi connectivity index (χ4v) is 5.37.